The van der Waals surface area contributed by atoms with Crippen LogP contribution in [-0.4, -0.2) is 34.5 Å². The molecule has 0 radical (unpaired) electrons. The summed E-state index contributed by atoms with van der Waals surface area (Å²) >= 11 is 0. The Labute approximate surface area is 114 Å². The molecule has 0 spiro atoms. The zero-order valence-electron chi connectivity index (χ0n) is 11.9. The first-order chi connectivity index (χ1) is 9.26. The highest BCUT2D eigenvalue weighted by Gasteiger charge is 2.13. The third-order valence-electron chi connectivity index (χ3n) is 2.75. The lowest BCUT2D eigenvalue weighted by Gasteiger charge is -2.15. The minimum absolute atomic E-state index is 0.431. The highest BCUT2D eigenvalue weighted by atomic mass is 16.5. The van der Waals surface area contributed by atoms with Crippen molar-refractivity contribution in [3.63, 3.8) is 0 Å². The SMILES string of the molecule is COCCCCOc1c(OC)cc(CN)cc1OC. The number of nitrogens with two attached hydrogens (primary N) is 1. The molecule has 19 heavy (non-hydrogen) atoms. The van der Waals surface area contributed by atoms with E-state index in [0.29, 0.717) is 30.4 Å². The van der Waals surface area contributed by atoms with Gasteiger partial charge in [0.1, 0.15) is 0 Å². The van der Waals surface area contributed by atoms with Crippen LogP contribution in [0.1, 0.15) is 18.4 Å². The highest BCUT2D eigenvalue weighted by Crippen LogP contribution is 2.38. The minimum atomic E-state index is 0.431. The average molecular weight is 269 g/mol. The smallest absolute Gasteiger partial charge is 0.203 e. The Morgan fingerprint density at radius 3 is 2.00 bits per heavy atom. The maximum absolute atomic E-state index is 5.75. The molecule has 0 aliphatic carbocycles. The molecule has 5 heteroatoms. The van der Waals surface area contributed by atoms with Gasteiger partial charge in [0.15, 0.2) is 11.5 Å². The van der Waals surface area contributed by atoms with E-state index in [1.165, 1.54) is 0 Å². The first-order valence-corrected chi connectivity index (χ1v) is 6.33. The normalized spacial score (nSPS) is 10.3. The van der Waals surface area contributed by atoms with E-state index in [1.807, 2.05) is 12.1 Å². The Hall–Kier alpha value is -1.46. The number of benzene rings is 1. The Kier molecular flexibility index (Phi) is 7.07. The number of unbranched alkanes of at least 4 members (excludes halogenated alkanes) is 1. The maximum Gasteiger partial charge on any atom is 0.203 e. The largest absolute Gasteiger partial charge is 0.493 e. The topological polar surface area (TPSA) is 62.9 Å². The van der Waals surface area contributed by atoms with Crippen LogP contribution in [0.25, 0.3) is 0 Å². The third kappa shape index (κ3) is 4.61. The third-order valence-corrected chi connectivity index (χ3v) is 2.75. The minimum Gasteiger partial charge on any atom is -0.493 e. The van der Waals surface area contributed by atoms with Crippen molar-refractivity contribution in [1.29, 1.82) is 0 Å². The predicted molar refractivity (Wildman–Crippen MR) is 74.0 cm³/mol. The van der Waals surface area contributed by atoms with Gasteiger partial charge in [0.25, 0.3) is 0 Å². The van der Waals surface area contributed by atoms with E-state index in [-0.39, 0.29) is 0 Å². The molecule has 0 bridgehead atoms. The second-order valence-electron chi connectivity index (χ2n) is 4.08. The van der Waals surface area contributed by atoms with Crippen molar-refractivity contribution >= 4 is 0 Å². The molecule has 1 aromatic carbocycles. The van der Waals surface area contributed by atoms with Crippen molar-refractivity contribution in [1.82, 2.24) is 0 Å². The van der Waals surface area contributed by atoms with Crippen LogP contribution in [0, 0.1) is 0 Å². The van der Waals surface area contributed by atoms with Crippen LogP contribution >= 0.6 is 0 Å². The fourth-order valence-corrected chi connectivity index (χ4v) is 1.72. The van der Waals surface area contributed by atoms with Crippen LogP contribution in [0.15, 0.2) is 12.1 Å². The zero-order valence-corrected chi connectivity index (χ0v) is 11.9. The maximum atomic E-state index is 5.75. The summed E-state index contributed by atoms with van der Waals surface area (Å²) in [5.41, 5.74) is 6.58. The molecule has 0 saturated heterocycles. The standard InChI is InChI=1S/C14H23NO4/c1-16-6-4-5-7-19-14-12(17-2)8-11(10-15)9-13(14)18-3/h8-9H,4-7,10,15H2,1-3H3. The number of hydrogen-bond donors (Lipinski definition) is 1. The number of hydrogen-bond acceptors (Lipinski definition) is 5. The fraction of sp³-hybridized carbons (Fsp3) is 0.571. The highest BCUT2D eigenvalue weighted by molar-refractivity contribution is 5.53. The van der Waals surface area contributed by atoms with Gasteiger partial charge in [-0.05, 0) is 30.5 Å². The van der Waals surface area contributed by atoms with Crippen LogP contribution < -0.4 is 19.9 Å². The summed E-state index contributed by atoms with van der Waals surface area (Å²) in [5.74, 6) is 1.91. The number of ether oxygens (including phenoxy) is 4. The molecule has 0 aliphatic rings. The molecule has 0 saturated carbocycles. The molecule has 2 N–H and O–H groups in total. The first-order valence-electron chi connectivity index (χ1n) is 6.33. The molecule has 1 rings (SSSR count). The summed E-state index contributed by atoms with van der Waals surface area (Å²) in [5, 5.41) is 0. The van der Waals surface area contributed by atoms with Crippen LogP contribution in [0.2, 0.25) is 0 Å². The van der Waals surface area contributed by atoms with Crippen LogP contribution in [0.4, 0.5) is 0 Å². The molecule has 1 aromatic rings. The zero-order chi connectivity index (χ0) is 14.1. The van der Waals surface area contributed by atoms with E-state index in [4.69, 9.17) is 24.7 Å². The summed E-state index contributed by atoms with van der Waals surface area (Å²) in [6, 6.07) is 3.74. The summed E-state index contributed by atoms with van der Waals surface area (Å²) < 4.78 is 21.4. The van der Waals surface area contributed by atoms with Crippen molar-refractivity contribution in [3.8, 4) is 17.2 Å². The van der Waals surface area contributed by atoms with Gasteiger partial charge in [-0.2, -0.15) is 0 Å². The molecule has 0 fully saturated rings. The molecule has 0 aliphatic heterocycles. The molecule has 0 aromatic heterocycles. The van der Waals surface area contributed by atoms with Crippen molar-refractivity contribution in [2.24, 2.45) is 5.73 Å². The van der Waals surface area contributed by atoms with Gasteiger partial charge < -0.3 is 24.7 Å². The lowest BCUT2D eigenvalue weighted by Crippen LogP contribution is -2.04. The molecule has 0 unspecified atom stereocenters. The molecule has 5 nitrogen and oxygen atoms in total. The molecular weight excluding hydrogens is 246 g/mol. The van der Waals surface area contributed by atoms with Gasteiger partial charge in [-0.25, -0.2) is 0 Å². The van der Waals surface area contributed by atoms with Crippen LogP contribution in [-0.2, 0) is 11.3 Å². The monoisotopic (exact) mass is 269 g/mol. The first kappa shape index (κ1) is 15.6. The summed E-state index contributed by atoms with van der Waals surface area (Å²) in [7, 11) is 4.90. The van der Waals surface area contributed by atoms with Gasteiger partial charge in [0.2, 0.25) is 5.75 Å². The van der Waals surface area contributed by atoms with E-state index >= 15 is 0 Å². The Balaban J connectivity index is 2.73. The van der Waals surface area contributed by atoms with E-state index in [1.54, 1.807) is 21.3 Å². The Morgan fingerprint density at radius 1 is 0.947 bits per heavy atom. The molecule has 0 atom stereocenters. The van der Waals surface area contributed by atoms with Gasteiger partial charge in [0, 0.05) is 20.3 Å². The van der Waals surface area contributed by atoms with Gasteiger partial charge in [-0.15, -0.1) is 0 Å². The van der Waals surface area contributed by atoms with Crippen molar-refractivity contribution in [2.75, 3.05) is 34.5 Å². The summed E-state index contributed by atoms with van der Waals surface area (Å²) in [6.07, 6.45) is 1.88. The van der Waals surface area contributed by atoms with Crippen molar-refractivity contribution in [3.05, 3.63) is 17.7 Å². The van der Waals surface area contributed by atoms with Gasteiger partial charge in [-0.3, -0.25) is 0 Å². The molecule has 0 heterocycles. The fourth-order valence-electron chi connectivity index (χ4n) is 1.72. The quantitative estimate of drug-likeness (QED) is 0.694. The van der Waals surface area contributed by atoms with E-state index in [2.05, 4.69) is 0 Å². The van der Waals surface area contributed by atoms with E-state index < -0.39 is 0 Å². The van der Waals surface area contributed by atoms with Crippen molar-refractivity contribution < 1.29 is 18.9 Å². The summed E-state index contributed by atoms with van der Waals surface area (Å²) in [4.78, 5) is 0. The number of rotatable bonds is 9. The average Bonchev–Trinajstić information content (AvgIpc) is 2.46. The van der Waals surface area contributed by atoms with E-state index in [0.717, 1.165) is 25.0 Å². The Bertz CT molecular complexity index is 357. The van der Waals surface area contributed by atoms with Gasteiger partial charge in [0.05, 0.1) is 20.8 Å². The van der Waals surface area contributed by atoms with E-state index in [9.17, 15) is 0 Å². The molecular formula is C14H23NO4. The van der Waals surface area contributed by atoms with Gasteiger partial charge >= 0.3 is 0 Å². The summed E-state index contributed by atoms with van der Waals surface area (Å²) in [6.45, 7) is 1.77. The van der Waals surface area contributed by atoms with Crippen LogP contribution in [0.5, 0.6) is 17.2 Å². The van der Waals surface area contributed by atoms with Crippen LogP contribution in [0.3, 0.4) is 0 Å². The lowest BCUT2D eigenvalue weighted by molar-refractivity contribution is 0.182. The molecule has 108 valence electrons. The molecule has 0 amide bonds. The van der Waals surface area contributed by atoms with Gasteiger partial charge in [-0.1, -0.05) is 0 Å². The van der Waals surface area contributed by atoms with Crippen molar-refractivity contribution in [2.45, 2.75) is 19.4 Å². The number of methoxy groups -OCH3 is 3. The predicted octanol–water partition coefficient (Wildman–Crippen LogP) is 1.97. The second kappa shape index (κ2) is 8.61. The second-order valence-corrected chi connectivity index (χ2v) is 4.08. The lowest BCUT2D eigenvalue weighted by atomic mass is 10.2. The Morgan fingerprint density at radius 2 is 1.53 bits per heavy atom.